The van der Waals surface area contributed by atoms with Crippen LogP contribution in [0.5, 0.6) is 0 Å². The van der Waals surface area contributed by atoms with Crippen molar-refractivity contribution in [2.24, 2.45) is 0 Å². The van der Waals surface area contributed by atoms with Gasteiger partial charge in [0, 0.05) is 18.4 Å². The predicted octanol–water partition coefficient (Wildman–Crippen LogP) is 0.883. The molecule has 2 unspecified atom stereocenters. The molecule has 1 aromatic rings. The molecule has 0 radical (unpaired) electrons. The molecule has 0 saturated carbocycles. The monoisotopic (exact) mass is 177 g/mol. The van der Waals surface area contributed by atoms with Gasteiger partial charge in [-0.15, -0.1) is 6.42 Å². The zero-order valence-corrected chi connectivity index (χ0v) is 8.07. The second-order valence-electron chi connectivity index (χ2n) is 3.18. The van der Waals surface area contributed by atoms with Crippen molar-refractivity contribution in [2.75, 3.05) is 0 Å². The molecule has 2 atom stereocenters. The van der Waals surface area contributed by atoms with E-state index in [1.54, 1.807) is 6.20 Å². The van der Waals surface area contributed by atoms with E-state index < -0.39 is 0 Å². The van der Waals surface area contributed by atoms with Gasteiger partial charge in [-0.25, -0.2) is 0 Å². The standard InChI is InChI=1S/C10H15N3/c1-4-9(2)12-10(3)8-13-7-5-6-11-13/h1,5-7,9-10,12H,8H2,2-3H3. The Kier molecular flexibility index (Phi) is 3.53. The summed E-state index contributed by atoms with van der Waals surface area (Å²) in [5.41, 5.74) is 0. The van der Waals surface area contributed by atoms with Crippen LogP contribution in [-0.4, -0.2) is 21.9 Å². The zero-order valence-electron chi connectivity index (χ0n) is 8.07. The van der Waals surface area contributed by atoms with E-state index in [2.05, 4.69) is 23.3 Å². The number of aromatic nitrogens is 2. The highest BCUT2D eigenvalue weighted by molar-refractivity contribution is 4.96. The molecule has 1 N–H and O–H groups in total. The maximum absolute atomic E-state index is 5.26. The van der Waals surface area contributed by atoms with Crippen molar-refractivity contribution < 1.29 is 0 Å². The molecule has 0 aliphatic heterocycles. The lowest BCUT2D eigenvalue weighted by Gasteiger charge is -2.15. The maximum atomic E-state index is 5.26. The highest BCUT2D eigenvalue weighted by Gasteiger charge is 2.04. The van der Waals surface area contributed by atoms with Crippen molar-refractivity contribution >= 4 is 0 Å². The van der Waals surface area contributed by atoms with Crippen LogP contribution in [0, 0.1) is 12.3 Å². The van der Waals surface area contributed by atoms with E-state index in [0.717, 1.165) is 6.54 Å². The van der Waals surface area contributed by atoms with E-state index in [1.165, 1.54) is 0 Å². The topological polar surface area (TPSA) is 29.9 Å². The Hall–Kier alpha value is -1.27. The van der Waals surface area contributed by atoms with Crippen molar-refractivity contribution in [1.29, 1.82) is 0 Å². The van der Waals surface area contributed by atoms with Crippen molar-refractivity contribution in [3.8, 4) is 12.3 Å². The van der Waals surface area contributed by atoms with E-state index in [0.29, 0.717) is 6.04 Å². The summed E-state index contributed by atoms with van der Waals surface area (Å²) >= 11 is 0. The van der Waals surface area contributed by atoms with Gasteiger partial charge in [0.25, 0.3) is 0 Å². The van der Waals surface area contributed by atoms with Gasteiger partial charge in [0.2, 0.25) is 0 Å². The fourth-order valence-electron chi connectivity index (χ4n) is 1.22. The van der Waals surface area contributed by atoms with Gasteiger partial charge in [-0.3, -0.25) is 10.00 Å². The molecular formula is C10H15N3. The molecule has 0 aromatic carbocycles. The Balaban J connectivity index is 2.34. The molecular weight excluding hydrogens is 162 g/mol. The van der Waals surface area contributed by atoms with Crippen LogP contribution in [0.15, 0.2) is 18.5 Å². The molecule has 0 spiro atoms. The van der Waals surface area contributed by atoms with Gasteiger partial charge in [-0.2, -0.15) is 5.10 Å². The van der Waals surface area contributed by atoms with E-state index in [-0.39, 0.29) is 6.04 Å². The van der Waals surface area contributed by atoms with Crippen LogP contribution >= 0.6 is 0 Å². The molecule has 13 heavy (non-hydrogen) atoms. The maximum Gasteiger partial charge on any atom is 0.0660 e. The molecule has 3 nitrogen and oxygen atoms in total. The zero-order chi connectivity index (χ0) is 9.68. The van der Waals surface area contributed by atoms with Gasteiger partial charge < -0.3 is 0 Å². The van der Waals surface area contributed by atoms with Gasteiger partial charge in [0.1, 0.15) is 0 Å². The van der Waals surface area contributed by atoms with Crippen molar-refractivity contribution in [3.63, 3.8) is 0 Å². The fraction of sp³-hybridized carbons (Fsp3) is 0.500. The fourth-order valence-corrected chi connectivity index (χ4v) is 1.22. The molecule has 0 aliphatic carbocycles. The third-order valence-electron chi connectivity index (χ3n) is 1.80. The predicted molar refractivity (Wildman–Crippen MR) is 53.1 cm³/mol. The minimum atomic E-state index is 0.116. The Morgan fingerprint density at radius 3 is 2.92 bits per heavy atom. The quantitative estimate of drug-likeness (QED) is 0.692. The number of hydrogen-bond acceptors (Lipinski definition) is 2. The van der Waals surface area contributed by atoms with Crippen LogP contribution in [0.2, 0.25) is 0 Å². The number of nitrogens with zero attached hydrogens (tertiary/aromatic N) is 2. The second kappa shape index (κ2) is 4.68. The minimum absolute atomic E-state index is 0.116. The molecule has 0 amide bonds. The first-order valence-corrected chi connectivity index (χ1v) is 4.42. The number of nitrogens with one attached hydrogen (secondary N) is 1. The smallest absolute Gasteiger partial charge is 0.0660 e. The number of hydrogen-bond donors (Lipinski definition) is 1. The normalized spacial score (nSPS) is 14.8. The third kappa shape index (κ3) is 3.30. The number of rotatable bonds is 4. The summed E-state index contributed by atoms with van der Waals surface area (Å²) in [6, 6.07) is 2.37. The Bertz CT molecular complexity index is 271. The van der Waals surface area contributed by atoms with Gasteiger partial charge in [-0.1, -0.05) is 5.92 Å². The molecule has 0 fully saturated rings. The van der Waals surface area contributed by atoms with E-state index in [4.69, 9.17) is 6.42 Å². The molecule has 0 aliphatic rings. The summed E-state index contributed by atoms with van der Waals surface area (Å²) in [7, 11) is 0. The first-order valence-electron chi connectivity index (χ1n) is 4.42. The van der Waals surface area contributed by atoms with Crippen LogP contribution in [0.25, 0.3) is 0 Å². The Morgan fingerprint density at radius 2 is 2.38 bits per heavy atom. The van der Waals surface area contributed by atoms with E-state index in [9.17, 15) is 0 Å². The average molecular weight is 177 g/mol. The third-order valence-corrected chi connectivity index (χ3v) is 1.80. The van der Waals surface area contributed by atoms with Gasteiger partial charge >= 0.3 is 0 Å². The van der Waals surface area contributed by atoms with E-state index in [1.807, 2.05) is 23.9 Å². The van der Waals surface area contributed by atoms with Crippen LogP contribution in [0.4, 0.5) is 0 Å². The first kappa shape index (κ1) is 9.82. The summed E-state index contributed by atoms with van der Waals surface area (Å²) in [5.74, 6) is 2.63. The van der Waals surface area contributed by atoms with Crippen molar-refractivity contribution in [3.05, 3.63) is 18.5 Å². The van der Waals surface area contributed by atoms with E-state index >= 15 is 0 Å². The van der Waals surface area contributed by atoms with Crippen LogP contribution in [-0.2, 0) is 6.54 Å². The van der Waals surface area contributed by atoms with Gasteiger partial charge in [0.05, 0.1) is 12.6 Å². The highest BCUT2D eigenvalue weighted by atomic mass is 15.3. The minimum Gasteiger partial charge on any atom is -0.300 e. The van der Waals surface area contributed by atoms with Crippen LogP contribution in [0.1, 0.15) is 13.8 Å². The summed E-state index contributed by atoms with van der Waals surface area (Å²) < 4.78 is 1.89. The summed E-state index contributed by atoms with van der Waals surface area (Å²) in [4.78, 5) is 0. The Morgan fingerprint density at radius 1 is 1.62 bits per heavy atom. The summed E-state index contributed by atoms with van der Waals surface area (Å²) in [5, 5.41) is 7.39. The van der Waals surface area contributed by atoms with Gasteiger partial charge in [-0.05, 0) is 19.9 Å². The molecule has 1 heterocycles. The van der Waals surface area contributed by atoms with Crippen LogP contribution in [0.3, 0.4) is 0 Å². The first-order chi connectivity index (χ1) is 6.22. The lowest BCUT2D eigenvalue weighted by molar-refractivity contribution is 0.439. The molecule has 70 valence electrons. The molecule has 0 saturated heterocycles. The molecule has 1 aromatic heterocycles. The molecule has 0 bridgehead atoms. The lowest BCUT2D eigenvalue weighted by atomic mass is 10.2. The SMILES string of the molecule is C#CC(C)NC(C)Cn1cccn1. The van der Waals surface area contributed by atoms with Crippen molar-refractivity contribution in [1.82, 2.24) is 15.1 Å². The molecule has 1 rings (SSSR count). The summed E-state index contributed by atoms with van der Waals surface area (Å²) in [6.07, 6.45) is 8.98. The largest absolute Gasteiger partial charge is 0.300 e. The van der Waals surface area contributed by atoms with Crippen LogP contribution < -0.4 is 5.32 Å². The molecule has 3 heteroatoms. The van der Waals surface area contributed by atoms with Crippen molar-refractivity contribution in [2.45, 2.75) is 32.5 Å². The van der Waals surface area contributed by atoms with Gasteiger partial charge in [0.15, 0.2) is 0 Å². The average Bonchev–Trinajstić information content (AvgIpc) is 2.56. The second-order valence-corrected chi connectivity index (χ2v) is 3.18. The Labute approximate surface area is 79.1 Å². The highest BCUT2D eigenvalue weighted by Crippen LogP contribution is 1.92. The number of terminal acetylenes is 1. The lowest BCUT2D eigenvalue weighted by Crippen LogP contribution is -2.36. The summed E-state index contributed by atoms with van der Waals surface area (Å²) in [6.45, 7) is 4.91.